The van der Waals surface area contributed by atoms with Gasteiger partial charge in [-0.15, -0.1) is 0 Å². The minimum atomic E-state index is -1.16. The largest absolute Gasteiger partial charge is 0.374 e. The van der Waals surface area contributed by atoms with Crippen LogP contribution < -0.4 is 0 Å². The normalized spacial score (nSPS) is 20.7. The van der Waals surface area contributed by atoms with E-state index in [4.69, 9.17) is 28.4 Å². The van der Waals surface area contributed by atoms with Crippen molar-refractivity contribution in [3.05, 3.63) is 144 Å². The monoisotopic (exact) mass is 708 g/mol. The van der Waals surface area contributed by atoms with Gasteiger partial charge in [0.25, 0.3) is 5.91 Å². The van der Waals surface area contributed by atoms with E-state index >= 15 is 0 Å². The lowest BCUT2D eigenvalue weighted by molar-refractivity contribution is -0.248. The van der Waals surface area contributed by atoms with Gasteiger partial charge >= 0.3 is 0 Å². The summed E-state index contributed by atoms with van der Waals surface area (Å²) >= 11 is 0. The second kappa shape index (κ2) is 18.2. The van der Waals surface area contributed by atoms with Crippen LogP contribution in [0.3, 0.4) is 0 Å². The number of piperazine rings is 1. The molecule has 2 fully saturated rings. The molecule has 2 aliphatic heterocycles. The van der Waals surface area contributed by atoms with E-state index in [2.05, 4.69) is 11.9 Å². The minimum Gasteiger partial charge on any atom is -0.374 e. The zero-order valence-electron chi connectivity index (χ0n) is 30.6. The highest BCUT2D eigenvalue weighted by atomic mass is 16.8. The van der Waals surface area contributed by atoms with Crippen molar-refractivity contribution in [2.24, 2.45) is 0 Å². The molecule has 9 heteroatoms. The van der Waals surface area contributed by atoms with Crippen molar-refractivity contribution in [3.8, 4) is 0 Å². The number of amides is 1. The molecule has 0 N–H and O–H groups in total. The topological polar surface area (TPSA) is 78.9 Å². The molecule has 2 saturated heterocycles. The Balaban J connectivity index is 1.41. The third-order valence-electron chi connectivity index (χ3n) is 9.57. The summed E-state index contributed by atoms with van der Waals surface area (Å²) in [7, 11) is 2.07. The molecule has 6 rings (SSSR count). The van der Waals surface area contributed by atoms with Crippen LogP contribution in [-0.4, -0.2) is 91.8 Å². The lowest BCUT2D eigenvalue weighted by Gasteiger charge is -2.43. The maximum atomic E-state index is 14.8. The molecule has 0 saturated carbocycles. The summed E-state index contributed by atoms with van der Waals surface area (Å²) < 4.78 is 40.3. The van der Waals surface area contributed by atoms with Crippen LogP contribution in [0.1, 0.15) is 36.1 Å². The molecule has 0 spiro atoms. The average molecular weight is 709 g/mol. The molecule has 0 bridgehead atoms. The fraction of sp³-hybridized carbons (Fsp3) is 0.419. The molecule has 1 amide bonds. The molecule has 0 aliphatic carbocycles. The van der Waals surface area contributed by atoms with E-state index < -0.39 is 29.7 Å². The van der Waals surface area contributed by atoms with Crippen molar-refractivity contribution in [1.82, 2.24) is 9.80 Å². The van der Waals surface area contributed by atoms with Crippen molar-refractivity contribution in [2.75, 3.05) is 46.4 Å². The van der Waals surface area contributed by atoms with E-state index in [1.165, 1.54) is 0 Å². The van der Waals surface area contributed by atoms with Gasteiger partial charge < -0.3 is 38.2 Å². The summed E-state index contributed by atoms with van der Waals surface area (Å²) in [4.78, 5) is 19.0. The smallest absolute Gasteiger partial charge is 0.254 e. The maximum Gasteiger partial charge on any atom is 0.254 e. The number of rotatable bonds is 17. The lowest BCUT2D eigenvalue weighted by atomic mass is 9.89. The van der Waals surface area contributed by atoms with Crippen LogP contribution in [0.4, 0.5) is 0 Å². The third kappa shape index (κ3) is 10.4. The molecule has 4 atom stereocenters. The van der Waals surface area contributed by atoms with Gasteiger partial charge in [-0.05, 0) is 43.1 Å². The second-order valence-corrected chi connectivity index (χ2v) is 14.2. The van der Waals surface area contributed by atoms with E-state index in [0.717, 1.165) is 35.3 Å². The molecule has 2 heterocycles. The van der Waals surface area contributed by atoms with Gasteiger partial charge in [0, 0.05) is 26.2 Å². The summed E-state index contributed by atoms with van der Waals surface area (Å²) in [5.74, 6) is -1.09. The summed E-state index contributed by atoms with van der Waals surface area (Å²) in [6.07, 6.45) is -2.81. The van der Waals surface area contributed by atoms with Crippen LogP contribution in [0.25, 0.3) is 0 Å². The van der Waals surface area contributed by atoms with Gasteiger partial charge in [-0.25, -0.2) is 0 Å². The third-order valence-corrected chi connectivity index (χ3v) is 9.57. The Labute approximate surface area is 308 Å². The van der Waals surface area contributed by atoms with Crippen LogP contribution in [0, 0.1) is 0 Å². The van der Waals surface area contributed by atoms with Crippen molar-refractivity contribution in [1.29, 1.82) is 0 Å². The molecule has 9 nitrogen and oxygen atoms in total. The van der Waals surface area contributed by atoms with Crippen LogP contribution in [0.2, 0.25) is 0 Å². The molecule has 4 aromatic carbocycles. The summed E-state index contributed by atoms with van der Waals surface area (Å²) in [5.41, 5.74) is 2.75. The lowest BCUT2D eigenvalue weighted by Crippen LogP contribution is -2.63. The first kappa shape index (κ1) is 37.8. The van der Waals surface area contributed by atoms with Gasteiger partial charge in [0.15, 0.2) is 11.9 Å². The van der Waals surface area contributed by atoms with E-state index in [-0.39, 0.29) is 38.9 Å². The van der Waals surface area contributed by atoms with Crippen LogP contribution in [0.5, 0.6) is 0 Å². The Morgan fingerprint density at radius 2 is 1.12 bits per heavy atom. The number of ether oxygens (including phenoxy) is 6. The second-order valence-electron chi connectivity index (χ2n) is 14.2. The Morgan fingerprint density at radius 3 is 1.60 bits per heavy atom. The molecule has 0 unspecified atom stereocenters. The molecule has 0 aromatic heterocycles. The van der Waals surface area contributed by atoms with Crippen molar-refractivity contribution >= 4 is 5.91 Å². The predicted octanol–water partition coefficient (Wildman–Crippen LogP) is 6.26. The molecular weight excluding hydrogens is 656 g/mol. The fourth-order valence-corrected chi connectivity index (χ4v) is 6.73. The SMILES string of the molecule is CN1CCN(C(=O)[C@H](OCc2ccccc2)[C@@H](OCc2ccccc2)[C@H](OCc2ccccc2)[C@@]2(COCc3ccccc3)COC(C)(C)O2)CC1. The molecular formula is C43H52N2O7. The van der Waals surface area contributed by atoms with E-state index in [0.29, 0.717) is 19.7 Å². The Hall–Kier alpha value is -3.93. The van der Waals surface area contributed by atoms with Gasteiger partial charge in [0.2, 0.25) is 0 Å². The van der Waals surface area contributed by atoms with E-state index in [1.54, 1.807) is 0 Å². The summed E-state index contributed by atoms with van der Waals surface area (Å²) in [5, 5.41) is 0. The van der Waals surface area contributed by atoms with Gasteiger partial charge in [-0.1, -0.05) is 121 Å². The Morgan fingerprint density at radius 1 is 0.654 bits per heavy atom. The zero-order chi connectivity index (χ0) is 36.2. The number of hydrogen-bond acceptors (Lipinski definition) is 8. The molecule has 276 valence electrons. The Kier molecular flexibility index (Phi) is 13.2. The standard InChI is InChI=1S/C43H52N2O7/c1-42(2)51-33-43(52-42,32-47-28-34-16-8-4-9-17-34)40(50-31-37-22-14-7-15-23-37)38(48-29-35-18-10-5-11-19-35)39(49-30-36-20-12-6-13-21-36)41(46)45-26-24-44(3)25-27-45/h4-23,38-40H,24-33H2,1-3H3/t38-,39-,40+,43-/m1/s1. The molecule has 52 heavy (non-hydrogen) atoms. The van der Waals surface area contributed by atoms with Crippen LogP contribution in [0.15, 0.2) is 121 Å². The number of nitrogens with zero attached hydrogens (tertiary/aromatic N) is 2. The van der Waals surface area contributed by atoms with Crippen molar-refractivity contribution in [2.45, 2.75) is 70.0 Å². The molecule has 2 aliphatic rings. The first-order valence-electron chi connectivity index (χ1n) is 18.2. The van der Waals surface area contributed by atoms with Gasteiger partial charge in [-0.3, -0.25) is 4.79 Å². The van der Waals surface area contributed by atoms with Gasteiger partial charge in [-0.2, -0.15) is 0 Å². The Bertz CT molecular complexity index is 1640. The average Bonchev–Trinajstić information content (AvgIpc) is 3.49. The van der Waals surface area contributed by atoms with Crippen LogP contribution >= 0.6 is 0 Å². The number of benzene rings is 4. The van der Waals surface area contributed by atoms with Gasteiger partial charge in [0.05, 0.1) is 39.6 Å². The predicted molar refractivity (Wildman–Crippen MR) is 199 cm³/mol. The highest BCUT2D eigenvalue weighted by Gasteiger charge is 2.57. The molecule has 0 radical (unpaired) electrons. The quantitative estimate of drug-likeness (QED) is 0.127. The molecule has 4 aromatic rings. The van der Waals surface area contributed by atoms with Gasteiger partial charge in [0.1, 0.15) is 17.8 Å². The fourth-order valence-electron chi connectivity index (χ4n) is 6.73. The first-order chi connectivity index (χ1) is 25.3. The van der Waals surface area contributed by atoms with E-state index in [9.17, 15) is 4.79 Å². The number of carbonyl (C=O) groups excluding carboxylic acids is 1. The van der Waals surface area contributed by atoms with E-state index in [1.807, 2.05) is 140 Å². The zero-order valence-corrected chi connectivity index (χ0v) is 30.6. The maximum absolute atomic E-state index is 14.8. The number of hydrogen-bond donors (Lipinski definition) is 0. The number of carbonyl (C=O) groups is 1. The van der Waals surface area contributed by atoms with Crippen molar-refractivity contribution < 1.29 is 33.2 Å². The highest BCUT2D eigenvalue weighted by Crippen LogP contribution is 2.39. The van der Waals surface area contributed by atoms with Crippen molar-refractivity contribution in [3.63, 3.8) is 0 Å². The minimum absolute atomic E-state index is 0.129. The number of likely N-dealkylation sites (N-methyl/N-ethyl adjacent to an activating group) is 1. The van der Waals surface area contributed by atoms with Crippen LogP contribution in [-0.2, 0) is 59.6 Å². The summed E-state index contributed by atoms with van der Waals surface area (Å²) in [6.45, 7) is 7.81. The highest BCUT2D eigenvalue weighted by molar-refractivity contribution is 5.82. The summed E-state index contributed by atoms with van der Waals surface area (Å²) in [6, 6.07) is 39.8. The first-order valence-corrected chi connectivity index (χ1v) is 18.2.